The van der Waals surface area contributed by atoms with E-state index in [4.69, 9.17) is 15.2 Å². The third-order valence-electron chi connectivity index (χ3n) is 5.43. The number of benzene rings is 1. The van der Waals surface area contributed by atoms with Crippen LogP contribution in [0.4, 0.5) is 5.95 Å². The SMILES string of the molecule is COc1ccc(C[C@H](O)Cn2c(N)nc3c(ncn3[C@H]3C[C@H](O)[C@H](CO)O3)c2=O)cc1. The fourth-order valence-electron chi connectivity index (χ4n) is 3.76. The summed E-state index contributed by atoms with van der Waals surface area (Å²) in [6, 6.07) is 7.28. The highest BCUT2D eigenvalue weighted by Crippen LogP contribution is 2.30. The Bertz CT molecular complexity index is 1110. The Kier molecular flexibility index (Phi) is 5.92. The molecule has 11 heteroatoms. The fourth-order valence-corrected chi connectivity index (χ4v) is 3.76. The maximum Gasteiger partial charge on any atom is 0.283 e. The van der Waals surface area contributed by atoms with E-state index in [-0.39, 0.29) is 36.7 Å². The van der Waals surface area contributed by atoms with Gasteiger partial charge < -0.3 is 30.5 Å². The van der Waals surface area contributed by atoms with E-state index in [2.05, 4.69) is 9.97 Å². The highest BCUT2D eigenvalue weighted by atomic mass is 16.5. The number of fused-ring (bicyclic) bond motifs is 1. The van der Waals surface area contributed by atoms with Crippen LogP contribution in [0.15, 0.2) is 35.4 Å². The second-order valence-electron chi connectivity index (χ2n) is 7.53. The van der Waals surface area contributed by atoms with Crippen LogP contribution in [0, 0.1) is 0 Å². The lowest BCUT2D eigenvalue weighted by Gasteiger charge is -2.16. The van der Waals surface area contributed by atoms with Crippen LogP contribution in [0.1, 0.15) is 18.2 Å². The minimum atomic E-state index is -0.867. The van der Waals surface area contributed by atoms with Gasteiger partial charge in [0.25, 0.3) is 5.56 Å². The smallest absolute Gasteiger partial charge is 0.283 e. The van der Waals surface area contributed by atoms with Crippen LogP contribution in [0.25, 0.3) is 11.2 Å². The molecule has 1 aliphatic heterocycles. The molecule has 0 amide bonds. The molecular weight excluding hydrogens is 406 g/mol. The zero-order valence-electron chi connectivity index (χ0n) is 17.0. The molecule has 0 bridgehead atoms. The van der Waals surface area contributed by atoms with Crippen molar-refractivity contribution in [1.82, 2.24) is 19.1 Å². The summed E-state index contributed by atoms with van der Waals surface area (Å²) in [5.41, 5.74) is 6.73. The number of aliphatic hydroxyl groups is 3. The van der Waals surface area contributed by atoms with Gasteiger partial charge in [-0.1, -0.05) is 12.1 Å². The van der Waals surface area contributed by atoms with Crippen molar-refractivity contribution in [3.05, 3.63) is 46.5 Å². The number of nitrogens with two attached hydrogens (primary N) is 1. The van der Waals surface area contributed by atoms with E-state index in [0.717, 1.165) is 5.56 Å². The first-order chi connectivity index (χ1) is 14.9. The predicted molar refractivity (Wildman–Crippen MR) is 111 cm³/mol. The lowest BCUT2D eigenvalue weighted by atomic mass is 10.1. The normalized spacial score (nSPS) is 22.1. The monoisotopic (exact) mass is 431 g/mol. The van der Waals surface area contributed by atoms with Gasteiger partial charge in [0.15, 0.2) is 11.2 Å². The molecule has 4 rings (SSSR count). The van der Waals surface area contributed by atoms with Crippen LogP contribution in [0.2, 0.25) is 0 Å². The largest absolute Gasteiger partial charge is 0.497 e. The molecule has 0 spiro atoms. The molecule has 0 radical (unpaired) electrons. The van der Waals surface area contributed by atoms with E-state index in [9.17, 15) is 20.1 Å². The van der Waals surface area contributed by atoms with Crippen LogP contribution in [-0.2, 0) is 17.7 Å². The van der Waals surface area contributed by atoms with Gasteiger partial charge in [-0.3, -0.25) is 13.9 Å². The molecule has 166 valence electrons. The summed E-state index contributed by atoms with van der Waals surface area (Å²) in [5, 5.41) is 29.7. The summed E-state index contributed by atoms with van der Waals surface area (Å²) in [7, 11) is 1.58. The average Bonchev–Trinajstić information content (AvgIpc) is 3.34. The summed E-state index contributed by atoms with van der Waals surface area (Å²) in [6.07, 6.45) is -1.10. The van der Waals surface area contributed by atoms with Crippen molar-refractivity contribution < 1.29 is 24.8 Å². The number of aliphatic hydroxyl groups excluding tert-OH is 3. The van der Waals surface area contributed by atoms with Crippen molar-refractivity contribution in [1.29, 1.82) is 0 Å². The second kappa shape index (κ2) is 8.63. The molecule has 31 heavy (non-hydrogen) atoms. The summed E-state index contributed by atoms with van der Waals surface area (Å²) in [6.45, 7) is -0.365. The summed E-state index contributed by atoms with van der Waals surface area (Å²) in [5.74, 6) is 0.651. The fraction of sp³-hybridized carbons (Fsp3) is 0.450. The summed E-state index contributed by atoms with van der Waals surface area (Å²) in [4.78, 5) is 21.4. The molecule has 0 aliphatic carbocycles. The van der Waals surface area contributed by atoms with E-state index in [1.54, 1.807) is 19.2 Å². The molecule has 0 saturated carbocycles. The molecule has 3 aromatic rings. The van der Waals surface area contributed by atoms with Crippen molar-refractivity contribution in [2.24, 2.45) is 0 Å². The maximum atomic E-state index is 12.9. The third-order valence-corrected chi connectivity index (χ3v) is 5.43. The highest BCUT2D eigenvalue weighted by Gasteiger charge is 2.35. The lowest BCUT2D eigenvalue weighted by molar-refractivity contribution is -0.0432. The zero-order valence-corrected chi connectivity index (χ0v) is 17.0. The topological polar surface area (TPSA) is 158 Å². The average molecular weight is 431 g/mol. The predicted octanol–water partition coefficient (Wildman–Crippen LogP) is -0.572. The van der Waals surface area contributed by atoms with Gasteiger partial charge in [-0.2, -0.15) is 4.98 Å². The van der Waals surface area contributed by atoms with E-state index >= 15 is 0 Å². The van der Waals surface area contributed by atoms with Crippen molar-refractivity contribution in [2.75, 3.05) is 19.5 Å². The quantitative estimate of drug-likeness (QED) is 0.384. The number of nitrogen functional groups attached to an aromatic ring is 1. The number of hydrogen-bond donors (Lipinski definition) is 4. The zero-order chi connectivity index (χ0) is 22.1. The minimum Gasteiger partial charge on any atom is -0.497 e. The molecule has 1 saturated heterocycles. The number of hydrogen-bond acceptors (Lipinski definition) is 9. The first-order valence-electron chi connectivity index (χ1n) is 9.89. The van der Waals surface area contributed by atoms with Gasteiger partial charge in [0.05, 0.1) is 38.8 Å². The van der Waals surface area contributed by atoms with Gasteiger partial charge in [0, 0.05) is 12.8 Å². The number of nitrogens with zero attached hydrogens (tertiary/aromatic N) is 4. The molecule has 4 atom stereocenters. The minimum absolute atomic E-state index is 0.0439. The summed E-state index contributed by atoms with van der Waals surface area (Å²) >= 11 is 0. The van der Waals surface area contributed by atoms with Crippen LogP contribution in [0.3, 0.4) is 0 Å². The van der Waals surface area contributed by atoms with Crippen molar-refractivity contribution in [3.8, 4) is 5.75 Å². The number of ether oxygens (including phenoxy) is 2. The Balaban J connectivity index is 1.56. The van der Waals surface area contributed by atoms with E-state index in [1.165, 1.54) is 15.5 Å². The molecule has 1 fully saturated rings. The number of anilines is 1. The first kappa shape index (κ1) is 21.2. The van der Waals surface area contributed by atoms with E-state index in [0.29, 0.717) is 12.2 Å². The van der Waals surface area contributed by atoms with Crippen molar-refractivity contribution in [2.45, 2.75) is 43.9 Å². The van der Waals surface area contributed by atoms with E-state index < -0.39 is 30.1 Å². The Morgan fingerprint density at radius 1 is 1.35 bits per heavy atom. The maximum absolute atomic E-state index is 12.9. The molecule has 2 aromatic heterocycles. The highest BCUT2D eigenvalue weighted by molar-refractivity contribution is 5.71. The standard InChI is InChI=1S/C20H25N5O6/c1-30-13-4-2-11(3-5-13)6-12(27)8-24-19(29)17-18(23-20(24)21)25(10-22-17)16-7-14(28)15(9-26)31-16/h2-5,10,12,14-16,26-28H,6-9H2,1H3,(H2,21,23)/t12-,14-,15-,16+/m0/s1. The second-order valence-corrected chi connectivity index (χ2v) is 7.53. The Labute approximate surface area is 177 Å². The van der Waals surface area contributed by atoms with Crippen molar-refractivity contribution in [3.63, 3.8) is 0 Å². The molecule has 1 aliphatic rings. The molecule has 1 aromatic carbocycles. The Morgan fingerprint density at radius 3 is 2.74 bits per heavy atom. The molecule has 11 nitrogen and oxygen atoms in total. The Hall–Kier alpha value is -2.99. The van der Waals surface area contributed by atoms with Gasteiger partial charge in [-0.15, -0.1) is 0 Å². The first-order valence-corrected chi connectivity index (χ1v) is 9.89. The van der Waals surface area contributed by atoms with Gasteiger partial charge in [0.1, 0.15) is 18.1 Å². The lowest BCUT2D eigenvalue weighted by Crippen LogP contribution is -2.31. The number of methoxy groups -OCH3 is 1. The number of rotatable bonds is 7. The van der Waals surface area contributed by atoms with Crippen LogP contribution >= 0.6 is 0 Å². The third kappa shape index (κ3) is 4.12. The molecule has 5 N–H and O–H groups in total. The number of imidazole rings is 1. The summed E-state index contributed by atoms with van der Waals surface area (Å²) < 4.78 is 13.4. The molecule has 3 heterocycles. The van der Waals surface area contributed by atoms with Gasteiger partial charge in [0.2, 0.25) is 5.95 Å². The Morgan fingerprint density at radius 2 is 2.10 bits per heavy atom. The van der Waals surface area contributed by atoms with Gasteiger partial charge >= 0.3 is 0 Å². The number of aromatic nitrogens is 4. The molecular formula is C20H25N5O6. The van der Waals surface area contributed by atoms with Crippen molar-refractivity contribution >= 4 is 17.1 Å². The van der Waals surface area contributed by atoms with Gasteiger partial charge in [-0.05, 0) is 17.7 Å². The van der Waals surface area contributed by atoms with Crippen LogP contribution < -0.4 is 16.0 Å². The molecule has 0 unspecified atom stereocenters. The van der Waals surface area contributed by atoms with Crippen LogP contribution in [-0.4, -0.2) is 66.5 Å². The van der Waals surface area contributed by atoms with E-state index in [1.807, 2.05) is 12.1 Å². The van der Waals surface area contributed by atoms with Gasteiger partial charge in [-0.25, -0.2) is 4.98 Å². The van der Waals surface area contributed by atoms with Crippen LogP contribution in [0.5, 0.6) is 5.75 Å².